The van der Waals surface area contributed by atoms with Crippen LogP contribution in [-0.2, 0) is 13.7 Å². The number of benzene rings is 1. The predicted molar refractivity (Wildman–Crippen MR) is 87.0 cm³/mol. The van der Waals surface area contributed by atoms with E-state index in [4.69, 9.17) is 22.1 Å². The normalized spacial score (nSPS) is 11.2. The first-order chi connectivity index (χ1) is 9.81. The smallest absolute Gasteiger partial charge is 0.131 e. The maximum absolute atomic E-state index is 6.26. The first-order valence-electron chi connectivity index (χ1n) is 7.02. The second-order valence-electron chi connectivity index (χ2n) is 5.66. The SMILES string of the molecule is Cc1cc(OCc2c(Cl)c(C)nn2C)c(C(C)C)cc1N. The van der Waals surface area contributed by atoms with Crippen LogP contribution in [0.3, 0.4) is 0 Å². The molecule has 0 saturated heterocycles. The molecule has 2 N–H and O–H groups in total. The number of nitrogen functional groups attached to an aromatic ring is 1. The molecule has 1 aromatic carbocycles. The molecule has 2 aromatic rings. The summed E-state index contributed by atoms with van der Waals surface area (Å²) < 4.78 is 7.76. The molecule has 0 spiro atoms. The third-order valence-corrected chi connectivity index (χ3v) is 4.14. The van der Waals surface area contributed by atoms with Crippen molar-refractivity contribution in [3.8, 4) is 5.75 Å². The van der Waals surface area contributed by atoms with Crippen LogP contribution in [0, 0.1) is 13.8 Å². The molecule has 0 radical (unpaired) electrons. The number of nitrogens with zero attached hydrogens (tertiary/aromatic N) is 2. The quantitative estimate of drug-likeness (QED) is 0.869. The lowest BCUT2D eigenvalue weighted by molar-refractivity contribution is 0.291. The average molecular weight is 308 g/mol. The fourth-order valence-electron chi connectivity index (χ4n) is 2.28. The maximum Gasteiger partial charge on any atom is 0.131 e. The van der Waals surface area contributed by atoms with E-state index in [1.54, 1.807) is 4.68 Å². The molecule has 4 nitrogen and oxygen atoms in total. The highest BCUT2D eigenvalue weighted by Gasteiger charge is 2.15. The molecule has 0 aliphatic heterocycles. The molecule has 5 heteroatoms. The van der Waals surface area contributed by atoms with E-state index in [0.29, 0.717) is 17.5 Å². The number of aryl methyl sites for hydroxylation is 3. The Morgan fingerprint density at radius 3 is 2.52 bits per heavy atom. The summed E-state index contributed by atoms with van der Waals surface area (Å²) in [5.74, 6) is 1.19. The monoisotopic (exact) mass is 307 g/mol. The highest BCUT2D eigenvalue weighted by atomic mass is 35.5. The number of halogens is 1. The van der Waals surface area contributed by atoms with Gasteiger partial charge >= 0.3 is 0 Å². The first kappa shape index (κ1) is 15.7. The van der Waals surface area contributed by atoms with Gasteiger partial charge in [-0.2, -0.15) is 5.10 Å². The Labute approximate surface area is 130 Å². The number of hydrogen-bond acceptors (Lipinski definition) is 3. The van der Waals surface area contributed by atoms with Crippen LogP contribution in [0.5, 0.6) is 5.75 Å². The fourth-order valence-corrected chi connectivity index (χ4v) is 2.49. The van der Waals surface area contributed by atoms with Crippen LogP contribution in [0.15, 0.2) is 12.1 Å². The summed E-state index contributed by atoms with van der Waals surface area (Å²) in [7, 11) is 1.87. The van der Waals surface area contributed by atoms with Crippen molar-refractivity contribution in [3.63, 3.8) is 0 Å². The standard InChI is InChI=1S/C16H22ClN3O/c1-9(2)12-7-13(18)10(3)6-15(12)21-8-14-16(17)11(4)19-20(14)5/h6-7,9H,8,18H2,1-5H3. The topological polar surface area (TPSA) is 53.1 Å². The Hall–Kier alpha value is -1.68. The minimum Gasteiger partial charge on any atom is -0.487 e. The third-order valence-electron chi connectivity index (χ3n) is 3.65. The molecule has 0 fully saturated rings. The van der Waals surface area contributed by atoms with Crippen molar-refractivity contribution in [3.05, 3.63) is 39.7 Å². The molecule has 114 valence electrons. The van der Waals surface area contributed by atoms with E-state index in [0.717, 1.165) is 34.0 Å². The van der Waals surface area contributed by atoms with Gasteiger partial charge in [-0.25, -0.2) is 0 Å². The van der Waals surface area contributed by atoms with E-state index >= 15 is 0 Å². The molecule has 1 heterocycles. The van der Waals surface area contributed by atoms with Gasteiger partial charge < -0.3 is 10.5 Å². The second kappa shape index (κ2) is 5.98. The molecule has 21 heavy (non-hydrogen) atoms. The minimum atomic E-state index is 0.339. The van der Waals surface area contributed by atoms with Gasteiger partial charge in [0.15, 0.2) is 0 Å². The van der Waals surface area contributed by atoms with E-state index in [1.807, 2.05) is 33.0 Å². The summed E-state index contributed by atoms with van der Waals surface area (Å²) >= 11 is 6.26. The van der Waals surface area contributed by atoms with Crippen LogP contribution in [0.4, 0.5) is 5.69 Å². The summed E-state index contributed by atoms with van der Waals surface area (Å²) in [6.07, 6.45) is 0. The van der Waals surface area contributed by atoms with Crippen LogP contribution in [0.25, 0.3) is 0 Å². The maximum atomic E-state index is 6.26. The van der Waals surface area contributed by atoms with Crippen molar-refractivity contribution < 1.29 is 4.74 Å². The number of nitrogens with two attached hydrogens (primary N) is 1. The number of aromatic nitrogens is 2. The first-order valence-corrected chi connectivity index (χ1v) is 7.39. The zero-order valence-electron chi connectivity index (χ0n) is 13.2. The molecular weight excluding hydrogens is 286 g/mol. The van der Waals surface area contributed by atoms with Crippen molar-refractivity contribution in [2.24, 2.45) is 7.05 Å². The lowest BCUT2D eigenvalue weighted by Gasteiger charge is -2.16. The van der Waals surface area contributed by atoms with E-state index in [9.17, 15) is 0 Å². The Morgan fingerprint density at radius 2 is 2.00 bits per heavy atom. The lowest BCUT2D eigenvalue weighted by atomic mass is 9.99. The van der Waals surface area contributed by atoms with E-state index in [2.05, 4.69) is 18.9 Å². The molecule has 0 atom stereocenters. The zero-order valence-corrected chi connectivity index (χ0v) is 14.0. The van der Waals surface area contributed by atoms with Gasteiger partial charge in [0.1, 0.15) is 12.4 Å². The van der Waals surface area contributed by atoms with E-state index in [1.165, 1.54) is 0 Å². The van der Waals surface area contributed by atoms with Gasteiger partial charge in [-0.15, -0.1) is 0 Å². The molecule has 0 unspecified atom stereocenters. The number of rotatable bonds is 4. The highest BCUT2D eigenvalue weighted by molar-refractivity contribution is 6.31. The second-order valence-corrected chi connectivity index (χ2v) is 6.04. The minimum absolute atomic E-state index is 0.339. The summed E-state index contributed by atoms with van der Waals surface area (Å²) in [5.41, 5.74) is 10.6. The fraction of sp³-hybridized carbons (Fsp3) is 0.438. The van der Waals surface area contributed by atoms with Gasteiger partial charge in [0.2, 0.25) is 0 Å². The van der Waals surface area contributed by atoms with Crippen LogP contribution in [-0.4, -0.2) is 9.78 Å². The van der Waals surface area contributed by atoms with Crippen molar-refractivity contribution >= 4 is 17.3 Å². The Kier molecular flexibility index (Phi) is 4.47. The summed E-state index contributed by atoms with van der Waals surface area (Å²) in [6.45, 7) is 8.50. The van der Waals surface area contributed by atoms with Gasteiger partial charge in [0.05, 0.1) is 16.4 Å². The number of anilines is 1. The van der Waals surface area contributed by atoms with Crippen LogP contribution in [0.1, 0.15) is 42.3 Å². The Morgan fingerprint density at radius 1 is 1.33 bits per heavy atom. The Bertz CT molecular complexity index is 662. The summed E-state index contributed by atoms with van der Waals surface area (Å²) in [5, 5.41) is 4.96. The Balaban J connectivity index is 2.29. The van der Waals surface area contributed by atoms with Crippen molar-refractivity contribution in [2.45, 2.75) is 40.2 Å². The lowest BCUT2D eigenvalue weighted by Crippen LogP contribution is -2.06. The summed E-state index contributed by atoms with van der Waals surface area (Å²) in [4.78, 5) is 0. The third kappa shape index (κ3) is 3.16. The van der Waals surface area contributed by atoms with E-state index < -0.39 is 0 Å². The molecule has 0 aliphatic carbocycles. The molecule has 0 aliphatic rings. The van der Waals surface area contributed by atoms with Gasteiger partial charge in [-0.05, 0) is 43.0 Å². The molecule has 2 rings (SSSR count). The number of hydrogen-bond donors (Lipinski definition) is 1. The molecule has 0 saturated carbocycles. The predicted octanol–water partition coefficient (Wildman–Crippen LogP) is 3.97. The van der Waals surface area contributed by atoms with Crippen LogP contribution in [0.2, 0.25) is 5.02 Å². The summed E-state index contributed by atoms with van der Waals surface area (Å²) in [6, 6.07) is 3.98. The molecule has 0 amide bonds. The number of ether oxygens (including phenoxy) is 1. The van der Waals surface area contributed by atoms with E-state index in [-0.39, 0.29) is 0 Å². The molecule has 0 bridgehead atoms. The molecule has 1 aromatic heterocycles. The van der Waals surface area contributed by atoms with Gasteiger partial charge in [-0.1, -0.05) is 25.4 Å². The average Bonchev–Trinajstić information content (AvgIpc) is 2.64. The van der Waals surface area contributed by atoms with Crippen molar-refractivity contribution in [1.82, 2.24) is 9.78 Å². The molecular formula is C16H22ClN3O. The van der Waals surface area contributed by atoms with Crippen LogP contribution >= 0.6 is 11.6 Å². The largest absolute Gasteiger partial charge is 0.487 e. The highest BCUT2D eigenvalue weighted by Crippen LogP contribution is 2.32. The van der Waals surface area contributed by atoms with Gasteiger partial charge in [0, 0.05) is 12.7 Å². The van der Waals surface area contributed by atoms with Gasteiger partial charge in [0.25, 0.3) is 0 Å². The van der Waals surface area contributed by atoms with Crippen molar-refractivity contribution in [1.29, 1.82) is 0 Å². The zero-order chi connectivity index (χ0) is 15.7. The van der Waals surface area contributed by atoms with Crippen LogP contribution < -0.4 is 10.5 Å². The van der Waals surface area contributed by atoms with Gasteiger partial charge in [-0.3, -0.25) is 4.68 Å². The van der Waals surface area contributed by atoms with Crippen molar-refractivity contribution in [2.75, 3.05) is 5.73 Å².